The molecule has 5 rings (SSSR count). The van der Waals surface area contributed by atoms with Crippen molar-refractivity contribution < 1.29 is 4.79 Å². The molecule has 0 saturated heterocycles. The summed E-state index contributed by atoms with van der Waals surface area (Å²) < 4.78 is 1.98. The minimum absolute atomic E-state index is 0.0486. The van der Waals surface area contributed by atoms with Crippen LogP contribution in [0, 0.1) is 0 Å². The number of pyridine rings is 1. The smallest absolute Gasteiger partial charge is 0.251 e. The third-order valence-corrected chi connectivity index (χ3v) is 7.00. The molecule has 0 atom stereocenters. The van der Waals surface area contributed by atoms with Crippen molar-refractivity contribution in [2.75, 3.05) is 6.54 Å². The number of carbonyl (C=O) groups is 1. The molecule has 1 amide bonds. The zero-order valence-corrected chi connectivity index (χ0v) is 20.1. The standard InChI is InChI=1S/C29H26N4OS/c34-28(30-19-18-26(23-9-3-1-4-10-23)24-11-5-2-6-12-24)25-16-14-22(15-17-25)21-35-29-32-31-27-13-7-8-20-33(27)29/h1-17,20,26H,18-19,21H2,(H,30,34). The molecule has 0 aliphatic carbocycles. The maximum atomic E-state index is 12.8. The van der Waals surface area contributed by atoms with Gasteiger partial charge in [-0.15, -0.1) is 10.2 Å². The van der Waals surface area contributed by atoms with Gasteiger partial charge in [-0.2, -0.15) is 0 Å². The SMILES string of the molecule is O=C(NCCC(c1ccccc1)c1ccccc1)c1ccc(CSc2nnc3ccccn23)cc1. The quantitative estimate of drug-likeness (QED) is 0.265. The Labute approximate surface area is 209 Å². The molecule has 0 aliphatic rings. The second-order valence-electron chi connectivity index (χ2n) is 8.32. The van der Waals surface area contributed by atoms with Gasteiger partial charge in [0, 0.05) is 30.0 Å². The van der Waals surface area contributed by atoms with Crippen molar-refractivity contribution in [1.29, 1.82) is 0 Å². The van der Waals surface area contributed by atoms with E-state index in [0.29, 0.717) is 12.1 Å². The van der Waals surface area contributed by atoms with Gasteiger partial charge in [-0.25, -0.2) is 0 Å². The van der Waals surface area contributed by atoms with Crippen LogP contribution in [-0.2, 0) is 5.75 Å². The summed E-state index contributed by atoms with van der Waals surface area (Å²) in [6.45, 7) is 0.602. The molecular formula is C29H26N4OS. The first-order chi connectivity index (χ1) is 17.3. The topological polar surface area (TPSA) is 59.3 Å². The Kier molecular flexibility index (Phi) is 7.20. The fourth-order valence-corrected chi connectivity index (χ4v) is 5.03. The van der Waals surface area contributed by atoms with Crippen LogP contribution in [0.25, 0.3) is 5.65 Å². The maximum Gasteiger partial charge on any atom is 0.251 e. The third-order valence-electron chi connectivity index (χ3n) is 5.99. The molecular weight excluding hydrogens is 452 g/mol. The van der Waals surface area contributed by atoms with Crippen molar-refractivity contribution in [2.24, 2.45) is 0 Å². The Hall–Kier alpha value is -3.90. The van der Waals surface area contributed by atoms with Crippen molar-refractivity contribution in [2.45, 2.75) is 23.2 Å². The number of aromatic nitrogens is 3. The highest BCUT2D eigenvalue weighted by atomic mass is 32.2. The van der Waals surface area contributed by atoms with Crippen molar-refractivity contribution >= 4 is 23.3 Å². The fraction of sp³-hybridized carbons (Fsp3) is 0.138. The minimum Gasteiger partial charge on any atom is -0.352 e. The largest absolute Gasteiger partial charge is 0.352 e. The van der Waals surface area contributed by atoms with Gasteiger partial charge >= 0.3 is 0 Å². The molecule has 0 aliphatic heterocycles. The number of hydrogen-bond acceptors (Lipinski definition) is 4. The van der Waals surface area contributed by atoms with Crippen molar-refractivity contribution in [3.8, 4) is 0 Å². The molecule has 0 saturated carbocycles. The molecule has 2 aromatic heterocycles. The second kappa shape index (κ2) is 11.0. The molecule has 0 spiro atoms. The number of amides is 1. The van der Waals surface area contributed by atoms with E-state index in [2.05, 4.69) is 64.0 Å². The summed E-state index contributed by atoms with van der Waals surface area (Å²) >= 11 is 1.63. The average molecular weight is 479 g/mol. The van der Waals surface area contributed by atoms with Crippen molar-refractivity contribution in [1.82, 2.24) is 19.9 Å². The van der Waals surface area contributed by atoms with Gasteiger partial charge < -0.3 is 5.32 Å². The van der Waals surface area contributed by atoms with Gasteiger partial charge in [-0.1, -0.05) is 90.6 Å². The molecule has 2 heterocycles. The maximum absolute atomic E-state index is 12.8. The summed E-state index contributed by atoms with van der Waals surface area (Å²) in [5.41, 5.74) is 5.16. The van der Waals surface area contributed by atoms with Crippen LogP contribution in [0.3, 0.4) is 0 Å². The third kappa shape index (κ3) is 5.61. The number of benzene rings is 3. The van der Waals surface area contributed by atoms with Crippen LogP contribution < -0.4 is 5.32 Å². The van der Waals surface area contributed by atoms with E-state index in [-0.39, 0.29) is 11.8 Å². The Morgan fingerprint density at radius 2 is 1.46 bits per heavy atom. The monoisotopic (exact) mass is 478 g/mol. The lowest BCUT2D eigenvalue weighted by atomic mass is 9.88. The zero-order valence-electron chi connectivity index (χ0n) is 19.2. The highest BCUT2D eigenvalue weighted by molar-refractivity contribution is 7.98. The number of thioether (sulfide) groups is 1. The number of rotatable bonds is 9. The summed E-state index contributed by atoms with van der Waals surface area (Å²) in [5, 5.41) is 12.4. The molecule has 0 unspecified atom stereocenters. The van der Waals surface area contributed by atoms with E-state index < -0.39 is 0 Å². The Morgan fingerprint density at radius 3 is 2.14 bits per heavy atom. The fourth-order valence-electron chi connectivity index (χ4n) is 4.15. The van der Waals surface area contributed by atoms with Gasteiger partial charge in [0.15, 0.2) is 10.8 Å². The van der Waals surface area contributed by atoms with Gasteiger partial charge in [-0.05, 0) is 47.4 Å². The van der Waals surface area contributed by atoms with E-state index in [0.717, 1.165) is 28.5 Å². The van der Waals surface area contributed by atoms with Crippen LogP contribution in [0.15, 0.2) is 114 Å². The number of hydrogen-bond donors (Lipinski definition) is 1. The van der Waals surface area contributed by atoms with E-state index >= 15 is 0 Å². The highest BCUT2D eigenvalue weighted by Gasteiger charge is 2.14. The van der Waals surface area contributed by atoms with E-state index in [1.807, 2.05) is 65.2 Å². The van der Waals surface area contributed by atoms with E-state index in [1.165, 1.54) is 11.1 Å². The first-order valence-corrected chi connectivity index (χ1v) is 12.7. The molecule has 6 heteroatoms. The van der Waals surface area contributed by atoms with Crippen LogP contribution in [0.2, 0.25) is 0 Å². The lowest BCUT2D eigenvalue weighted by Gasteiger charge is -2.18. The van der Waals surface area contributed by atoms with E-state index in [9.17, 15) is 4.79 Å². The second-order valence-corrected chi connectivity index (χ2v) is 9.26. The van der Waals surface area contributed by atoms with Gasteiger partial charge in [0.25, 0.3) is 5.91 Å². The number of nitrogens with one attached hydrogen (secondary N) is 1. The number of fused-ring (bicyclic) bond motifs is 1. The molecule has 1 N–H and O–H groups in total. The first-order valence-electron chi connectivity index (χ1n) is 11.7. The van der Waals surface area contributed by atoms with E-state index in [4.69, 9.17) is 0 Å². The Balaban J connectivity index is 1.17. The van der Waals surface area contributed by atoms with Crippen LogP contribution in [0.5, 0.6) is 0 Å². The molecule has 174 valence electrons. The molecule has 3 aromatic carbocycles. The summed E-state index contributed by atoms with van der Waals surface area (Å²) in [4.78, 5) is 12.8. The Bertz CT molecular complexity index is 1350. The van der Waals surface area contributed by atoms with Gasteiger partial charge in [0.1, 0.15) is 0 Å². The van der Waals surface area contributed by atoms with Gasteiger partial charge in [-0.3, -0.25) is 9.20 Å². The molecule has 0 fully saturated rings. The van der Waals surface area contributed by atoms with E-state index in [1.54, 1.807) is 11.8 Å². The molecule has 5 nitrogen and oxygen atoms in total. The molecule has 0 bridgehead atoms. The molecule has 35 heavy (non-hydrogen) atoms. The van der Waals surface area contributed by atoms with Gasteiger partial charge in [0.05, 0.1) is 0 Å². The highest BCUT2D eigenvalue weighted by Crippen LogP contribution is 2.27. The molecule has 0 radical (unpaired) electrons. The summed E-state index contributed by atoms with van der Waals surface area (Å²) in [7, 11) is 0. The van der Waals surface area contributed by atoms with Crippen LogP contribution in [-0.4, -0.2) is 27.0 Å². The number of carbonyl (C=O) groups excluding carboxylic acids is 1. The lowest BCUT2D eigenvalue weighted by molar-refractivity contribution is 0.0953. The normalized spacial score (nSPS) is 11.1. The first kappa shape index (κ1) is 22.9. The predicted molar refractivity (Wildman–Crippen MR) is 141 cm³/mol. The van der Waals surface area contributed by atoms with Gasteiger partial charge in [0.2, 0.25) is 0 Å². The zero-order chi connectivity index (χ0) is 23.9. The minimum atomic E-state index is -0.0486. The Morgan fingerprint density at radius 1 is 0.800 bits per heavy atom. The van der Waals surface area contributed by atoms with Crippen molar-refractivity contribution in [3.63, 3.8) is 0 Å². The summed E-state index contributed by atoms with van der Waals surface area (Å²) in [6, 6.07) is 34.6. The average Bonchev–Trinajstić information content (AvgIpc) is 3.34. The molecule has 5 aromatic rings. The van der Waals surface area contributed by atoms with Crippen LogP contribution in [0.4, 0.5) is 0 Å². The van der Waals surface area contributed by atoms with Crippen LogP contribution in [0.1, 0.15) is 39.4 Å². The summed E-state index contributed by atoms with van der Waals surface area (Å²) in [5.74, 6) is 0.950. The predicted octanol–water partition coefficient (Wildman–Crippen LogP) is 5.97. The lowest BCUT2D eigenvalue weighted by Crippen LogP contribution is -2.25. The summed E-state index contributed by atoms with van der Waals surface area (Å²) in [6.07, 6.45) is 2.80. The number of nitrogens with zero attached hydrogens (tertiary/aromatic N) is 3. The van der Waals surface area contributed by atoms with Crippen molar-refractivity contribution in [3.05, 3.63) is 132 Å². The van der Waals surface area contributed by atoms with Crippen LogP contribution >= 0.6 is 11.8 Å².